The van der Waals surface area contributed by atoms with Crippen LogP contribution in [-0.4, -0.2) is 12.7 Å². The summed E-state index contributed by atoms with van der Waals surface area (Å²) in [4.78, 5) is 0. The lowest BCUT2D eigenvalue weighted by Crippen LogP contribution is -2.38. The quantitative estimate of drug-likeness (QED) is 0.577. The van der Waals surface area contributed by atoms with Crippen molar-refractivity contribution in [3.05, 3.63) is 34.9 Å². The van der Waals surface area contributed by atoms with E-state index in [0.717, 1.165) is 12.8 Å². The lowest BCUT2D eigenvalue weighted by Gasteiger charge is -2.28. The standard InChI is InChI=1S/C15H26N2O/c1-5-7-14(18-6-2)15(17-16)13-9-8-11(3)10-12(13)4/h8-10,14-15,17H,5-7,16H2,1-4H3. The Morgan fingerprint density at radius 1 is 1.28 bits per heavy atom. The van der Waals surface area contributed by atoms with E-state index < -0.39 is 0 Å². The van der Waals surface area contributed by atoms with Gasteiger partial charge in [0.2, 0.25) is 0 Å². The smallest absolute Gasteiger partial charge is 0.0782 e. The number of nitrogens with one attached hydrogen (secondary N) is 1. The molecule has 0 aliphatic heterocycles. The van der Waals surface area contributed by atoms with Gasteiger partial charge in [-0.05, 0) is 38.3 Å². The van der Waals surface area contributed by atoms with Crippen LogP contribution < -0.4 is 11.3 Å². The molecule has 2 unspecified atom stereocenters. The fraction of sp³-hybridized carbons (Fsp3) is 0.600. The molecule has 0 amide bonds. The number of nitrogens with two attached hydrogens (primary N) is 1. The van der Waals surface area contributed by atoms with Crippen molar-refractivity contribution in [2.45, 2.75) is 52.7 Å². The molecule has 2 atom stereocenters. The summed E-state index contributed by atoms with van der Waals surface area (Å²) in [5, 5.41) is 0. The van der Waals surface area contributed by atoms with E-state index in [1.807, 2.05) is 6.92 Å². The molecule has 0 bridgehead atoms. The van der Waals surface area contributed by atoms with Gasteiger partial charge in [-0.2, -0.15) is 0 Å². The van der Waals surface area contributed by atoms with Gasteiger partial charge in [-0.3, -0.25) is 11.3 Å². The maximum atomic E-state index is 5.83. The van der Waals surface area contributed by atoms with Gasteiger partial charge in [0.15, 0.2) is 0 Å². The zero-order valence-corrected chi connectivity index (χ0v) is 12.0. The minimum absolute atomic E-state index is 0.0606. The third-order valence-corrected chi connectivity index (χ3v) is 3.27. The molecule has 0 aliphatic rings. The van der Waals surface area contributed by atoms with Gasteiger partial charge in [0.1, 0.15) is 0 Å². The highest BCUT2D eigenvalue weighted by molar-refractivity contribution is 5.33. The van der Waals surface area contributed by atoms with Gasteiger partial charge < -0.3 is 4.74 Å². The first-order valence-electron chi connectivity index (χ1n) is 6.78. The SMILES string of the molecule is CCCC(OCC)C(NN)c1ccc(C)cc1C. The van der Waals surface area contributed by atoms with Gasteiger partial charge in [0, 0.05) is 6.61 Å². The monoisotopic (exact) mass is 250 g/mol. The summed E-state index contributed by atoms with van der Waals surface area (Å²) in [5.41, 5.74) is 6.69. The van der Waals surface area contributed by atoms with E-state index in [0.29, 0.717) is 6.61 Å². The molecule has 0 aromatic heterocycles. The molecule has 1 aromatic carbocycles. The van der Waals surface area contributed by atoms with Crippen molar-refractivity contribution >= 4 is 0 Å². The number of hydrazine groups is 1. The highest BCUT2D eigenvalue weighted by atomic mass is 16.5. The van der Waals surface area contributed by atoms with Crippen molar-refractivity contribution in [3.63, 3.8) is 0 Å². The Balaban J connectivity index is 2.98. The van der Waals surface area contributed by atoms with Crippen LogP contribution in [0.1, 0.15) is 49.4 Å². The molecule has 18 heavy (non-hydrogen) atoms. The van der Waals surface area contributed by atoms with Crippen molar-refractivity contribution in [1.29, 1.82) is 0 Å². The summed E-state index contributed by atoms with van der Waals surface area (Å²) in [6.45, 7) is 9.14. The Bertz CT molecular complexity index is 360. The normalized spacial score (nSPS) is 14.5. The largest absolute Gasteiger partial charge is 0.376 e. The minimum Gasteiger partial charge on any atom is -0.376 e. The molecule has 0 radical (unpaired) electrons. The lowest BCUT2D eigenvalue weighted by atomic mass is 9.94. The number of benzene rings is 1. The van der Waals surface area contributed by atoms with Crippen molar-refractivity contribution < 1.29 is 4.74 Å². The van der Waals surface area contributed by atoms with Crippen LogP contribution in [-0.2, 0) is 4.74 Å². The molecule has 0 saturated heterocycles. The number of rotatable bonds is 7. The highest BCUT2D eigenvalue weighted by Gasteiger charge is 2.23. The van der Waals surface area contributed by atoms with E-state index in [1.54, 1.807) is 0 Å². The second kappa shape index (κ2) is 7.52. The van der Waals surface area contributed by atoms with E-state index in [-0.39, 0.29) is 12.1 Å². The summed E-state index contributed by atoms with van der Waals surface area (Å²) in [5.74, 6) is 5.74. The van der Waals surface area contributed by atoms with Crippen molar-refractivity contribution in [1.82, 2.24) is 5.43 Å². The van der Waals surface area contributed by atoms with Gasteiger partial charge in [-0.1, -0.05) is 37.1 Å². The van der Waals surface area contributed by atoms with Crippen molar-refractivity contribution in [3.8, 4) is 0 Å². The Morgan fingerprint density at radius 3 is 2.50 bits per heavy atom. The summed E-state index contributed by atoms with van der Waals surface area (Å²) in [6, 6.07) is 6.53. The van der Waals surface area contributed by atoms with Crippen LogP contribution in [0.4, 0.5) is 0 Å². The second-order valence-electron chi connectivity index (χ2n) is 4.79. The van der Waals surface area contributed by atoms with E-state index in [1.165, 1.54) is 16.7 Å². The number of hydrogen-bond acceptors (Lipinski definition) is 3. The van der Waals surface area contributed by atoms with E-state index >= 15 is 0 Å². The number of hydrogen-bond donors (Lipinski definition) is 2. The molecule has 1 rings (SSSR count). The maximum absolute atomic E-state index is 5.83. The van der Waals surface area contributed by atoms with Gasteiger partial charge in [0.05, 0.1) is 12.1 Å². The third-order valence-electron chi connectivity index (χ3n) is 3.27. The maximum Gasteiger partial charge on any atom is 0.0782 e. The average molecular weight is 250 g/mol. The second-order valence-corrected chi connectivity index (χ2v) is 4.79. The Morgan fingerprint density at radius 2 is 2.00 bits per heavy atom. The van der Waals surface area contributed by atoms with Crippen molar-refractivity contribution in [2.24, 2.45) is 5.84 Å². The number of aryl methyl sites for hydroxylation is 2. The summed E-state index contributed by atoms with van der Waals surface area (Å²) >= 11 is 0. The summed E-state index contributed by atoms with van der Waals surface area (Å²) in [6.07, 6.45) is 2.23. The van der Waals surface area contributed by atoms with Crippen LogP contribution in [0.5, 0.6) is 0 Å². The minimum atomic E-state index is 0.0606. The molecule has 102 valence electrons. The molecule has 0 spiro atoms. The van der Waals surface area contributed by atoms with Crippen LogP contribution in [0.25, 0.3) is 0 Å². The molecule has 0 heterocycles. The lowest BCUT2D eigenvalue weighted by molar-refractivity contribution is 0.0274. The predicted molar refractivity (Wildman–Crippen MR) is 76.3 cm³/mol. The van der Waals surface area contributed by atoms with Gasteiger partial charge in [0.25, 0.3) is 0 Å². The fourth-order valence-corrected chi connectivity index (χ4v) is 2.42. The van der Waals surface area contributed by atoms with E-state index in [2.05, 4.69) is 44.4 Å². The van der Waals surface area contributed by atoms with Gasteiger partial charge in [-0.25, -0.2) is 0 Å². The third kappa shape index (κ3) is 3.80. The molecular weight excluding hydrogens is 224 g/mol. The fourth-order valence-electron chi connectivity index (χ4n) is 2.42. The van der Waals surface area contributed by atoms with Crippen LogP contribution >= 0.6 is 0 Å². The zero-order valence-electron chi connectivity index (χ0n) is 12.0. The van der Waals surface area contributed by atoms with Crippen LogP contribution in [0, 0.1) is 13.8 Å². The first kappa shape index (κ1) is 15.2. The topological polar surface area (TPSA) is 47.3 Å². The molecule has 0 fully saturated rings. The zero-order chi connectivity index (χ0) is 13.5. The molecule has 0 aliphatic carbocycles. The first-order valence-corrected chi connectivity index (χ1v) is 6.78. The first-order chi connectivity index (χ1) is 8.63. The van der Waals surface area contributed by atoms with Crippen LogP contribution in [0.3, 0.4) is 0 Å². The van der Waals surface area contributed by atoms with Crippen LogP contribution in [0.2, 0.25) is 0 Å². The Labute approximate surface area is 111 Å². The molecular formula is C15H26N2O. The summed E-state index contributed by atoms with van der Waals surface area (Å²) < 4.78 is 5.83. The van der Waals surface area contributed by atoms with Gasteiger partial charge >= 0.3 is 0 Å². The Hall–Kier alpha value is -0.900. The van der Waals surface area contributed by atoms with Crippen molar-refractivity contribution in [2.75, 3.05) is 6.61 Å². The van der Waals surface area contributed by atoms with E-state index in [9.17, 15) is 0 Å². The molecule has 3 heteroatoms. The predicted octanol–water partition coefficient (Wildman–Crippen LogP) is 3.01. The molecule has 0 saturated carbocycles. The molecule has 3 nitrogen and oxygen atoms in total. The Kier molecular flexibility index (Phi) is 6.33. The van der Waals surface area contributed by atoms with Crippen LogP contribution in [0.15, 0.2) is 18.2 Å². The van der Waals surface area contributed by atoms with E-state index in [4.69, 9.17) is 10.6 Å². The van der Waals surface area contributed by atoms with Gasteiger partial charge in [-0.15, -0.1) is 0 Å². The number of ether oxygens (including phenoxy) is 1. The average Bonchev–Trinajstić information content (AvgIpc) is 2.33. The molecule has 1 aromatic rings. The summed E-state index contributed by atoms with van der Waals surface area (Å²) in [7, 11) is 0. The highest BCUT2D eigenvalue weighted by Crippen LogP contribution is 2.25. The molecule has 3 N–H and O–H groups in total.